The molecule has 0 saturated carbocycles. The zero-order valence-corrected chi connectivity index (χ0v) is 10.8. The van der Waals surface area contributed by atoms with Crippen LogP contribution in [0.3, 0.4) is 0 Å². The molecular formula is C11H18N2O3S. The molecule has 6 heteroatoms. The molecule has 17 heavy (non-hydrogen) atoms. The van der Waals surface area contributed by atoms with Crippen LogP contribution < -0.4 is 5.32 Å². The summed E-state index contributed by atoms with van der Waals surface area (Å²) in [6, 6.07) is 1.62. The molecule has 0 aliphatic rings. The van der Waals surface area contributed by atoms with Gasteiger partial charge in [0, 0.05) is 31.2 Å². The summed E-state index contributed by atoms with van der Waals surface area (Å²) in [6.07, 6.45) is 2.01. The molecule has 5 nitrogen and oxygen atoms in total. The van der Waals surface area contributed by atoms with Crippen molar-refractivity contribution in [2.75, 3.05) is 19.8 Å². The number of hydrogen-bond acceptors (Lipinski definition) is 5. The number of nitro groups is 1. The summed E-state index contributed by atoms with van der Waals surface area (Å²) >= 11 is 1.17. The van der Waals surface area contributed by atoms with Crippen LogP contribution in [0.5, 0.6) is 0 Å². The topological polar surface area (TPSA) is 64.4 Å². The lowest BCUT2D eigenvalue weighted by Gasteiger charge is -2.03. The average Bonchev–Trinajstić information content (AvgIpc) is 2.77. The van der Waals surface area contributed by atoms with E-state index in [-0.39, 0.29) is 9.92 Å². The molecule has 1 aromatic heterocycles. The molecule has 0 aliphatic carbocycles. The van der Waals surface area contributed by atoms with Crippen molar-refractivity contribution in [1.82, 2.24) is 5.32 Å². The standard InChI is InChI=1S/C11H18N2O3S/c1-2-5-16-6-3-4-12-8-10-7-11(13(14)15)17-9-10/h7,9,12H,2-6,8H2,1H3. The van der Waals surface area contributed by atoms with Crippen molar-refractivity contribution >= 4 is 16.3 Å². The fourth-order valence-electron chi connectivity index (χ4n) is 1.33. The van der Waals surface area contributed by atoms with Gasteiger partial charge in [-0.3, -0.25) is 10.1 Å². The van der Waals surface area contributed by atoms with Gasteiger partial charge in [-0.25, -0.2) is 0 Å². The molecule has 1 heterocycles. The number of nitrogens with zero attached hydrogens (tertiary/aromatic N) is 1. The molecule has 1 aromatic rings. The van der Waals surface area contributed by atoms with Gasteiger partial charge in [-0.1, -0.05) is 18.3 Å². The van der Waals surface area contributed by atoms with Crippen LogP contribution in [0.15, 0.2) is 11.4 Å². The van der Waals surface area contributed by atoms with E-state index in [2.05, 4.69) is 12.2 Å². The van der Waals surface area contributed by atoms with E-state index in [0.717, 1.165) is 38.2 Å². The lowest BCUT2D eigenvalue weighted by atomic mass is 10.3. The number of rotatable bonds is 9. The van der Waals surface area contributed by atoms with Gasteiger partial charge in [0.1, 0.15) is 0 Å². The number of hydrogen-bond donors (Lipinski definition) is 1. The van der Waals surface area contributed by atoms with Crippen LogP contribution in [0.4, 0.5) is 5.00 Å². The van der Waals surface area contributed by atoms with Crippen molar-refractivity contribution in [3.05, 3.63) is 27.1 Å². The highest BCUT2D eigenvalue weighted by molar-refractivity contribution is 7.13. The normalized spacial score (nSPS) is 10.6. The highest BCUT2D eigenvalue weighted by Gasteiger charge is 2.08. The molecule has 1 rings (SSSR count). The lowest BCUT2D eigenvalue weighted by molar-refractivity contribution is -0.380. The van der Waals surface area contributed by atoms with Crippen LogP contribution in [0.2, 0.25) is 0 Å². The second kappa shape index (κ2) is 8.16. The molecule has 0 spiro atoms. The molecule has 0 radical (unpaired) electrons. The minimum atomic E-state index is -0.354. The highest BCUT2D eigenvalue weighted by Crippen LogP contribution is 2.22. The van der Waals surface area contributed by atoms with Gasteiger partial charge in [-0.05, 0) is 24.9 Å². The molecule has 1 N–H and O–H groups in total. The maximum Gasteiger partial charge on any atom is 0.324 e. The van der Waals surface area contributed by atoms with Crippen LogP contribution in [-0.2, 0) is 11.3 Å². The Morgan fingerprint density at radius 3 is 3.00 bits per heavy atom. The van der Waals surface area contributed by atoms with E-state index in [1.807, 2.05) is 5.38 Å². The van der Waals surface area contributed by atoms with Crippen molar-refractivity contribution in [2.24, 2.45) is 0 Å². The third-order valence-corrected chi connectivity index (χ3v) is 3.07. The second-order valence-electron chi connectivity index (χ2n) is 3.69. The van der Waals surface area contributed by atoms with Crippen LogP contribution in [0.1, 0.15) is 25.3 Å². The minimum absolute atomic E-state index is 0.202. The molecule has 96 valence electrons. The Hall–Kier alpha value is -0.980. The van der Waals surface area contributed by atoms with Crippen LogP contribution in [-0.4, -0.2) is 24.7 Å². The summed E-state index contributed by atoms with van der Waals surface area (Å²) < 4.78 is 5.34. The highest BCUT2D eigenvalue weighted by atomic mass is 32.1. The molecule has 0 amide bonds. The Morgan fingerprint density at radius 1 is 1.53 bits per heavy atom. The summed E-state index contributed by atoms with van der Waals surface area (Å²) in [6.45, 7) is 5.22. The van der Waals surface area contributed by atoms with Gasteiger partial charge in [0.2, 0.25) is 0 Å². The first-order chi connectivity index (χ1) is 8.24. The van der Waals surface area contributed by atoms with Crippen molar-refractivity contribution < 1.29 is 9.66 Å². The molecule has 0 aromatic carbocycles. The second-order valence-corrected chi connectivity index (χ2v) is 4.58. The predicted molar refractivity (Wildman–Crippen MR) is 68.4 cm³/mol. The minimum Gasteiger partial charge on any atom is -0.381 e. The zero-order valence-electron chi connectivity index (χ0n) is 9.98. The van der Waals surface area contributed by atoms with E-state index in [4.69, 9.17) is 4.74 Å². The van der Waals surface area contributed by atoms with Gasteiger partial charge in [0.25, 0.3) is 0 Å². The van der Waals surface area contributed by atoms with Gasteiger partial charge in [0.15, 0.2) is 0 Å². The van der Waals surface area contributed by atoms with Gasteiger partial charge < -0.3 is 10.1 Å². The third kappa shape index (κ3) is 5.76. The quantitative estimate of drug-likeness (QED) is 0.420. The number of ether oxygens (including phenoxy) is 1. The predicted octanol–water partition coefficient (Wildman–Crippen LogP) is 2.56. The molecule has 0 aliphatic heterocycles. The number of thiophene rings is 1. The molecule has 0 bridgehead atoms. The maximum absolute atomic E-state index is 10.5. The fourth-order valence-corrected chi connectivity index (χ4v) is 2.06. The summed E-state index contributed by atoms with van der Waals surface area (Å²) in [4.78, 5) is 10.1. The monoisotopic (exact) mass is 258 g/mol. The van der Waals surface area contributed by atoms with Gasteiger partial charge >= 0.3 is 5.00 Å². The molecule has 0 unspecified atom stereocenters. The van der Waals surface area contributed by atoms with E-state index in [0.29, 0.717) is 6.54 Å². The largest absolute Gasteiger partial charge is 0.381 e. The summed E-state index contributed by atoms with van der Waals surface area (Å²) in [5.74, 6) is 0. The Morgan fingerprint density at radius 2 is 2.35 bits per heavy atom. The summed E-state index contributed by atoms with van der Waals surface area (Å²) in [7, 11) is 0. The van der Waals surface area contributed by atoms with E-state index in [1.165, 1.54) is 11.3 Å². The number of nitrogens with one attached hydrogen (secondary N) is 1. The van der Waals surface area contributed by atoms with Gasteiger partial charge in [-0.2, -0.15) is 0 Å². The van der Waals surface area contributed by atoms with Crippen LogP contribution >= 0.6 is 11.3 Å². The SMILES string of the molecule is CCCOCCCNCc1csc([N+](=O)[O-])c1. The lowest BCUT2D eigenvalue weighted by Crippen LogP contribution is -2.16. The van der Waals surface area contributed by atoms with Crippen molar-refractivity contribution in [2.45, 2.75) is 26.3 Å². The first-order valence-electron chi connectivity index (χ1n) is 5.74. The molecule has 0 atom stereocenters. The molecule has 0 fully saturated rings. The third-order valence-electron chi connectivity index (χ3n) is 2.14. The zero-order chi connectivity index (χ0) is 12.5. The van der Waals surface area contributed by atoms with E-state index >= 15 is 0 Å². The Kier molecular flexibility index (Phi) is 6.76. The van der Waals surface area contributed by atoms with Crippen molar-refractivity contribution in [3.63, 3.8) is 0 Å². The first kappa shape index (κ1) is 14.1. The van der Waals surface area contributed by atoms with E-state index in [1.54, 1.807) is 6.07 Å². The fraction of sp³-hybridized carbons (Fsp3) is 0.636. The Bertz CT molecular complexity index is 341. The van der Waals surface area contributed by atoms with Crippen LogP contribution in [0, 0.1) is 10.1 Å². The Balaban J connectivity index is 2.07. The van der Waals surface area contributed by atoms with E-state index in [9.17, 15) is 10.1 Å². The van der Waals surface area contributed by atoms with Gasteiger partial charge in [-0.15, -0.1) is 0 Å². The Labute approximate surface area is 105 Å². The van der Waals surface area contributed by atoms with E-state index < -0.39 is 0 Å². The first-order valence-corrected chi connectivity index (χ1v) is 6.62. The smallest absolute Gasteiger partial charge is 0.324 e. The van der Waals surface area contributed by atoms with Gasteiger partial charge in [0.05, 0.1) is 4.92 Å². The van der Waals surface area contributed by atoms with Crippen molar-refractivity contribution in [1.29, 1.82) is 0 Å². The van der Waals surface area contributed by atoms with Crippen molar-refractivity contribution in [3.8, 4) is 0 Å². The van der Waals surface area contributed by atoms with Crippen LogP contribution in [0.25, 0.3) is 0 Å². The summed E-state index contributed by atoms with van der Waals surface area (Å²) in [5, 5.41) is 15.7. The average molecular weight is 258 g/mol. The molecular weight excluding hydrogens is 240 g/mol. The molecule has 0 saturated heterocycles. The maximum atomic E-state index is 10.5. The summed E-state index contributed by atoms with van der Waals surface area (Å²) in [5.41, 5.74) is 0.969.